The predicted molar refractivity (Wildman–Crippen MR) is 53.9 cm³/mol. The van der Waals surface area contributed by atoms with Crippen molar-refractivity contribution in [3.8, 4) is 0 Å². The molecule has 2 rings (SSSR count). The van der Waals surface area contributed by atoms with Gasteiger partial charge in [0, 0.05) is 12.4 Å². The number of sulfone groups is 1. The van der Waals surface area contributed by atoms with Crippen molar-refractivity contribution < 1.29 is 8.42 Å². The van der Waals surface area contributed by atoms with E-state index in [1.165, 1.54) is 0 Å². The summed E-state index contributed by atoms with van der Waals surface area (Å²) in [7, 11) is -2.86. The molecule has 78 valence electrons. The lowest BCUT2D eigenvalue weighted by atomic mass is 10.0. The minimum atomic E-state index is -2.86. The van der Waals surface area contributed by atoms with E-state index in [0.717, 1.165) is 0 Å². The van der Waals surface area contributed by atoms with Crippen LogP contribution >= 0.6 is 0 Å². The van der Waals surface area contributed by atoms with Crippen molar-refractivity contribution in [1.29, 1.82) is 0 Å². The Labute approximate surface area is 82.9 Å². The molecule has 1 saturated heterocycles. The number of aromatic nitrogens is 2. The van der Waals surface area contributed by atoms with Crippen LogP contribution in [-0.4, -0.2) is 35.4 Å². The molecule has 5 nitrogen and oxygen atoms in total. The number of imidazole rings is 1. The molecule has 0 amide bonds. The third-order valence-corrected chi connectivity index (χ3v) is 4.32. The van der Waals surface area contributed by atoms with Crippen LogP contribution in [0.5, 0.6) is 0 Å². The molecule has 0 saturated carbocycles. The highest BCUT2D eigenvalue weighted by Crippen LogP contribution is 2.25. The lowest BCUT2D eigenvalue weighted by molar-refractivity contribution is 0.570. The first-order valence-corrected chi connectivity index (χ1v) is 6.29. The first-order valence-electron chi connectivity index (χ1n) is 4.47. The molecular weight excluding hydrogens is 202 g/mol. The van der Waals surface area contributed by atoms with Gasteiger partial charge in [-0.25, -0.2) is 13.4 Å². The van der Waals surface area contributed by atoms with Crippen LogP contribution in [0.15, 0.2) is 12.4 Å². The molecule has 2 heterocycles. The summed E-state index contributed by atoms with van der Waals surface area (Å²) < 4.78 is 22.6. The van der Waals surface area contributed by atoms with Crippen LogP contribution < -0.4 is 5.32 Å². The van der Waals surface area contributed by atoms with E-state index in [0.29, 0.717) is 12.4 Å². The molecule has 1 atom stereocenters. The van der Waals surface area contributed by atoms with Gasteiger partial charge in [0.1, 0.15) is 0 Å². The quantitative estimate of drug-likeness (QED) is 0.748. The second-order valence-electron chi connectivity index (χ2n) is 3.97. The number of rotatable bonds is 2. The van der Waals surface area contributed by atoms with E-state index in [1.54, 1.807) is 12.4 Å². The largest absolute Gasteiger partial charge is 0.350 e. The van der Waals surface area contributed by atoms with Gasteiger partial charge in [-0.2, -0.15) is 0 Å². The van der Waals surface area contributed by atoms with Crippen molar-refractivity contribution in [3.63, 3.8) is 0 Å². The van der Waals surface area contributed by atoms with E-state index in [2.05, 4.69) is 15.3 Å². The molecule has 1 fully saturated rings. The number of H-pyrrole nitrogens is 1. The minimum Gasteiger partial charge on any atom is -0.350 e. The molecule has 6 heteroatoms. The molecule has 0 radical (unpaired) electrons. The molecule has 14 heavy (non-hydrogen) atoms. The molecule has 1 unspecified atom stereocenters. The number of hydrogen-bond donors (Lipinski definition) is 2. The molecule has 0 bridgehead atoms. The van der Waals surface area contributed by atoms with Crippen LogP contribution in [0.1, 0.15) is 13.3 Å². The van der Waals surface area contributed by atoms with Gasteiger partial charge in [-0.15, -0.1) is 0 Å². The molecule has 2 N–H and O–H groups in total. The Morgan fingerprint density at radius 1 is 1.64 bits per heavy atom. The molecule has 1 aliphatic rings. The summed E-state index contributed by atoms with van der Waals surface area (Å²) in [6, 6.07) is 0. The summed E-state index contributed by atoms with van der Waals surface area (Å²) in [5.74, 6) is 1.07. The lowest BCUT2D eigenvalue weighted by Gasteiger charge is -2.23. The highest BCUT2D eigenvalue weighted by Gasteiger charge is 2.38. The number of nitrogens with one attached hydrogen (secondary N) is 2. The number of aromatic amines is 1. The van der Waals surface area contributed by atoms with Gasteiger partial charge in [0.25, 0.3) is 0 Å². The normalized spacial score (nSPS) is 30.4. The summed E-state index contributed by atoms with van der Waals surface area (Å²) in [4.78, 5) is 6.91. The fourth-order valence-corrected chi connectivity index (χ4v) is 3.82. The van der Waals surface area contributed by atoms with E-state index in [9.17, 15) is 8.42 Å². The predicted octanol–water partition coefficient (Wildman–Crippen LogP) is 0.399. The van der Waals surface area contributed by atoms with E-state index >= 15 is 0 Å². The maximum atomic E-state index is 11.3. The maximum absolute atomic E-state index is 11.3. The Morgan fingerprint density at radius 3 is 2.93 bits per heavy atom. The van der Waals surface area contributed by atoms with E-state index in [4.69, 9.17) is 0 Å². The van der Waals surface area contributed by atoms with Crippen molar-refractivity contribution >= 4 is 15.8 Å². The Morgan fingerprint density at radius 2 is 2.43 bits per heavy atom. The van der Waals surface area contributed by atoms with Crippen LogP contribution in [0.3, 0.4) is 0 Å². The zero-order chi connectivity index (χ0) is 10.2. The number of nitrogens with zero attached hydrogens (tertiary/aromatic N) is 1. The van der Waals surface area contributed by atoms with Gasteiger partial charge in [0.15, 0.2) is 9.84 Å². The highest BCUT2D eigenvalue weighted by atomic mass is 32.2. The van der Waals surface area contributed by atoms with Gasteiger partial charge >= 0.3 is 0 Å². The average molecular weight is 215 g/mol. The van der Waals surface area contributed by atoms with Crippen molar-refractivity contribution in [2.24, 2.45) is 0 Å². The zero-order valence-electron chi connectivity index (χ0n) is 7.95. The molecular formula is C8H13N3O2S. The fourth-order valence-electron chi connectivity index (χ4n) is 1.73. The van der Waals surface area contributed by atoms with Gasteiger partial charge in [-0.3, -0.25) is 0 Å². The minimum absolute atomic E-state index is 0.181. The summed E-state index contributed by atoms with van der Waals surface area (Å²) in [5, 5.41) is 3.11. The molecule has 0 aliphatic carbocycles. The smallest absolute Gasteiger partial charge is 0.200 e. The SMILES string of the molecule is CC1(Nc2ncc[nH]2)CCS(=O)(=O)C1. The fraction of sp³-hybridized carbons (Fsp3) is 0.625. The summed E-state index contributed by atoms with van der Waals surface area (Å²) >= 11 is 0. The first kappa shape index (κ1) is 9.51. The van der Waals surface area contributed by atoms with Crippen molar-refractivity contribution in [2.75, 3.05) is 16.8 Å². The van der Waals surface area contributed by atoms with Crippen LogP contribution in [-0.2, 0) is 9.84 Å². The first-order chi connectivity index (χ1) is 6.49. The lowest BCUT2D eigenvalue weighted by Crippen LogP contribution is -2.36. The van der Waals surface area contributed by atoms with E-state index < -0.39 is 9.84 Å². The summed E-state index contributed by atoms with van der Waals surface area (Å²) in [6.45, 7) is 1.90. The molecule has 1 aromatic heterocycles. The Balaban J connectivity index is 2.12. The molecule has 1 aliphatic heterocycles. The van der Waals surface area contributed by atoms with E-state index in [-0.39, 0.29) is 17.0 Å². The Kier molecular flexibility index (Phi) is 2.02. The van der Waals surface area contributed by atoms with Gasteiger partial charge in [-0.05, 0) is 13.3 Å². The second kappa shape index (κ2) is 2.98. The van der Waals surface area contributed by atoms with Gasteiger partial charge in [0.05, 0.1) is 17.0 Å². The van der Waals surface area contributed by atoms with Crippen LogP contribution in [0, 0.1) is 0 Å². The Bertz CT molecular complexity index is 412. The summed E-state index contributed by atoms with van der Waals surface area (Å²) in [5.41, 5.74) is -0.378. The molecule has 0 spiro atoms. The van der Waals surface area contributed by atoms with Crippen LogP contribution in [0.4, 0.5) is 5.95 Å². The highest BCUT2D eigenvalue weighted by molar-refractivity contribution is 7.91. The average Bonchev–Trinajstić information content (AvgIpc) is 2.60. The van der Waals surface area contributed by atoms with Crippen LogP contribution in [0.2, 0.25) is 0 Å². The molecule has 0 aromatic carbocycles. The third kappa shape index (κ3) is 1.89. The van der Waals surface area contributed by atoms with Crippen molar-refractivity contribution in [3.05, 3.63) is 12.4 Å². The summed E-state index contributed by atoms with van der Waals surface area (Å²) in [6.07, 6.45) is 3.97. The number of hydrogen-bond acceptors (Lipinski definition) is 4. The number of anilines is 1. The monoisotopic (exact) mass is 215 g/mol. The van der Waals surface area contributed by atoms with Gasteiger partial charge in [0.2, 0.25) is 5.95 Å². The zero-order valence-corrected chi connectivity index (χ0v) is 8.76. The molecule has 1 aromatic rings. The third-order valence-electron chi connectivity index (χ3n) is 2.42. The Hall–Kier alpha value is -1.04. The second-order valence-corrected chi connectivity index (χ2v) is 6.15. The van der Waals surface area contributed by atoms with Gasteiger partial charge in [-0.1, -0.05) is 0 Å². The van der Waals surface area contributed by atoms with Crippen molar-refractivity contribution in [1.82, 2.24) is 9.97 Å². The maximum Gasteiger partial charge on any atom is 0.200 e. The van der Waals surface area contributed by atoms with Crippen molar-refractivity contribution in [2.45, 2.75) is 18.9 Å². The topological polar surface area (TPSA) is 74.8 Å². The standard InChI is InChI=1S/C8H13N3O2S/c1-8(2-5-14(12,13)6-8)11-7-9-3-4-10-7/h3-4H,2,5-6H2,1H3,(H2,9,10,11). The van der Waals surface area contributed by atoms with Gasteiger partial charge < -0.3 is 10.3 Å². The van der Waals surface area contributed by atoms with Crippen LogP contribution in [0.25, 0.3) is 0 Å². The van der Waals surface area contributed by atoms with E-state index in [1.807, 2.05) is 6.92 Å².